The zero-order valence-electron chi connectivity index (χ0n) is 15.8. The number of aryl methyl sites for hydroxylation is 1. The number of hydrogen-bond acceptors (Lipinski definition) is 5. The Hall–Kier alpha value is -2.41. The maximum atomic E-state index is 12.8. The molecule has 2 N–H and O–H groups in total. The first-order valence-electron chi connectivity index (χ1n) is 9.08. The highest BCUT2D eigenvalue weighted by Gasteiger charge is 2.27. The molecule has 0 aliphatic carbocycles. The molecule has 1 aromatic heterocycles. The van der Waals surface area contributed by atoms with Crippen molar-refractivity contribution in [2.24, 2.45) is 0 Å². The van der Waals surface area contributed by atoms with E-state index in [1.165, 1.54) is 6.20 Å². The molecule has 7 heteroatoms. The van der Waals surface area contributed by atoms with Gasteiger partial charge in [0.05, 0.1) is 22.8 Å². The Morgan fingerprint density at radius 2 is 2.04 bits per heavy atom. The largest absolute Gasteiger partial charge is 0.380 e. The second kappa shape index (κ2) is 7.68. The van der Waals surface area contributed by atoms with Crippen LogP contribution < -0.4 is 10.6 Å². The number of rotatable bonds is 5. The molecule has 0 spiro atoms. The quantitative estimate of drug-likeness (QED) is 0.821. The molecular formula is C20H25N3O3S. The summed E-state index contributed by atoms with van der Waals surface area (Å²) in [6, 6.07) is 7.55. The van der Waals surface area contributed by atoms with Crippen molar-refractivity contribution >= 4 is 27.1 Å². The summed E-state index contributed by atoms with van der Waals surface area (Å²) in [5.74, 6) is 0.366. The second-order valence-corrected chi connectivity index (χ2v) is 9.58. The number of carbonyl (C=O) groups is 1. The van der Waals surface area contributed by atoms with Crippen LogP contribution in [0.1, 0.15) is 47.7 Å². The van der Waals surface area contributed by atoms with Crippen LogP contribution in [-0.2, 0) is 9.84 Å². The van der Waals surface area contributed by atoms with E-state index in [1.807, 2.05) is 25.1 Å². The monoisotopic (exact) mass is 387 g/mol. The van der Waals surface area contributed by atoms with E-state index in [0.717, 1.165) is 16.8 Å². The molecule has 0 bridgehead atoms. The number of pyridine rings is 1. The van der Waals surface area contributed by atoms with Gasteiger partial charge in [0.25, 0.3) is 5.91 Å². The van der Waals surface area contributed by atoms with E-state index in [-0.39, 0.29) is 29.4 Å². The third kappa shape index (κ3) is 4.66. The van der Waals surface area contributed by atoms with Gasteiger partial charge >= 0.3 is 0 Å². The highest BCUT2D eigenvalue weighted by Crippen LogP contribution is 2.28. The van der Waals surface area contributed by atoms with Gasteiger partial charge in [0.15, 0.2) is 9.84 Å². The minimum Gasteiger partial charge on any atom is -0.380 e. The summed E-state index contributed by atoms with van der Waals surface area (Å²) in [6.07, 6.45) is 3.69. The number of aromatic nitrogens is 1. The average molecular weight is 388 g/mol. The molecule has 6 nitrogen and oxygen atoms in total. The molecule has 0 saturated carbocycles. The fourth-order valence-electron chi connectivity index (χ4n) is 3.32. The number of carbonyl (C=O) groups excluding carboxylic acids is 1. The third-order valence-corrected chi connectivity index (χ3v) is 6.54. The number of sulfone groups is 1. The predicted molar refractivity (Wildman–Crippen MR) is 108 cm³/mol. The first-order chi connectivity index (χ1) is 12.7. The van der Waals surface area contributed by atoms with Crippen LogP contribution >= 0.6 is 0 Å². The van der Waals surface area contributed by atoms with E-state index >= 15 is 0 Å². The summed E-state index contributed by atoms with van der Waals surface area (Å²) in [7, 11) is -2.96. The lowest BCUT2D eigenvalue weighted by molar-refractivity contribution is 0.102. The van der Waals surface area contributed by atoms with Crippen LogP contribution in [0.4, 0.5) is 11.4 Å². The van der Waals surface area contributed by atoms with Crippen LogP contribution in [0.25, 0.3) is 0 Å². The lowest BCUT2D eigenvalue weighted by Crippen LogP contribution is -2.21. The van der Waals surface area contributed by atoms with Gasteiger partial charge in [-0.3, -0.25) is 9.78 Å². The lowest BCUT2D eigenvalue weighted by Gasteiger charge is -2.17. The molecular weight excluding hydrogens is 362 g/mol. The number of nitrogens with zero attached hydrogens (tertiary/aromatic N) is 1. The van der Waals surface area contributed by atoms with Crippen molar-refractivity contribution in [2.45, 2.75) is 39.2 Å². The minimum absolute atomic E-state index is 0.115. The Morgan fingerprint density at radius 1 is 1.26 bits per heavy atom. The third-order valence-electron chi connectivity index (χ3n) is 4.77. The van der Waals surface area contributed by atoms with Crippen LogP contribution in [-0.4, -0.2) is 36.9 Å². The normalized spacial score (nSPS) is 18.4. The summed E-state index contributed by atoms with van der Waals surface area (Å²) >= 11 is 0. The summed E-state index contributed by atoms with van der Waals surface area (Å²) in [5, 5.41) is 6.18. The van der Waals surface area contributed by atoms with E-state index < -0.39 is 9.84 Å². The van der Waals surface area contributed by atoms with Crippen molar-refractivity contribution in [3.05, 3.63) is 53.3 Å². The van der Waals surface area contributed by atoms with Crippen molar-refractivity contribution in [1.29, 1.82) is 0 Å². The molecule has 1 atom stereocenters. The van der Waals surface area contributed by atoms with Crippen LogP contribution in [0, 0.1) is 6.92 Å². The van der Waals surface area contributed by atoms with E-state index in [2.05, 4.69) is 29.5 Å². The fourth-order valence-corrected chi connectivity index (χ4v) is 4.99. The van der Waals surface area contributed by atoms with Crippen LogP contribution in [0.2, 0.25) is 0 Å². The topological polar surface area (TPSA) is 88.2 Å². The zero-order chi connectivity index (χ0) is 19.6. The first kappa shape index (κ1) is 19.4. The van der Waals surface area contributed by atoms with Gasteiger partial charge in [-0.2, -0.15) is 0 Å². The summed E-state index contributed by atoms with van der Waals surface area (Å²) < 4.78 is 23.2. The molecule has 1 aliphatic heterocycles. The van der Waals surface area contributed by atoms with Gasteiger partial charge in [0, 0.05) is 24.1 Å². The van der Waals surface area contributed by atoms with Gasteiger partial charge in [-0.1, -0.05) is 32.0 Å². The lowest BCUT2D eigenvalue weighted by atomic mass is 9.98. The molecule has 27 heavy (non-hydrogen) atoms. The zero-order valence-corrected chi connectivity index (χ0v) is 16.6. The van der Waals surface area contributed by atoms with E-state index in [9.17, 15) is 13.2 Å². The smallest absolute Gasteiger partial charge is 0.257 e. The summed E-state index contributed by atoms with van der Waals surface area (Å²) in [4.78, 5) is 16.9. The van der Waals surface area contributed by atoms with E-state index in [0.29, 0.717) is 17.7 Å². The van der Waals surface area contributed by atoms with Gasteiger partial charge in [0.2, 0.25) is 0 Å². The van der Waals surface area contributed by atoms with Gasteiger partial charge < -0.3 is 10.6 Å². The molecule has 1 fully saturated rings. The maximum Gasteiger partial charge on any atom is 0.257 e. The standard InChI is InChI=1S/C20H25N3O3S/c1-13(2)18-6-4-5-14(3)19(18)23-20(24)15-9-17(11-21-10-15)22-16-7-8-27(25,26)12-16/h4-6,9-11,13,16,22H,7-8,12H2,1-3H3,(H,23,24). The number of hydrogen-bond donors (Lipinski definition) is 2. The van der Waals surface area contributed by atoms with Crippen molar-refractivity contribution in [1.82, 2.24) is 4.98 Å². The second-order valence-electron chi connectivity index (χ2n) is 7.35. The van der Waals surface area contributed by atoms with Crippen molar-refractivity contribution in [3.8, 4) is 0 Å². The molecule has 1 saturated heterocycles. The molecule has 1 aromatic carbocycles. The molecule has 2 heterocycles. The average Bonchev–Trinajstić information content (AvgIpc) is 2.95. The number of para-hydroxylation sites is 1. The van der Waals surface area contributed by atoms with Gasteiger partial charge in [0.1, 0.15) is 0 Å². The molecule has 1 amide bonds. The maximum absolute atomic E-state index is 12.8. The van der Waals surface area contributed by atoms with Gasteiger partial charge in [-0.15, -0.1) is 0 Å². The number of anilines is 2. The summed E-state index contributed by atoms with van der Waals surface area (Å²) in [6.45, 7) is 6.15. The van der Waals surface area contributed by atoms with Crippen molar-refractivity contribution in [3.63, 3.8) is 0 Å². The molecule has 0 radical (unpaired) electrons. The Bertz CT molecular complexity index is 955. The Balaban J connectivity index is 1.77. The van der Waals surface area contributed by atoms with Crippen LogP contribution in [0.5, 0.6) is 0 Å². The van der Waals surface area contributed by atoms with Crippen LogP contribution in [0.3, 0.4) is 0 Å². The minimum atomic E-state index is -2.96. The Kier molecular flexibility index (Phi) is 5.51. The Morgan fingerprint density at radius 3 is 2.70 bits per heavy atom. The predicted octanol–water partition coefficient (Wildman–Crippen LogP) is 3.36. The molecule has 1 aliphatic rings. The van der Waals surface area contributed by atoms with E-state index in [4.69, 9.17) is 0 Å². The fraction of sp³-hybridized carbons (Fsp3) is 0.400. The SMILES string of the molecule is Cc1cccc(C(C)C)c1NC(=O)c1cncc(NC2CCS(=O)(=O)C2)c1. The number of amides is 1. The Labute approximate surface area is 160 Å². The van der Waals surface area contributed by atoms with Gasteiger partial charge in [-0.05, 0) is 36.5 Å². The molecule has 2 aromatic rings. The molecule has 1 unspecified atom stereocenters. The van der Waals surface area contributed by atoms with Crippen LogP contribution in [0.15, 0.2) is 36.7 Å². The summed E-state index contributed by atoms with van der Waals surface area (Å²) in [5.41, 5.74) is 4.00. The molecule has 144 valence electrons. The van der Waals surface area contributed by atoms with E-state index in [1.54, 1.807) is 12.3 Å². The molecule has 3 rings (SSSR count). The van der Waals surface area contributed by atoms with Crippen molar-refractivity contribution < 1.29 is 13.2 Å². The first-order valence-corrected chi connectivity index (χ1v) is 10.9. The highest BCUT2D eigenvalue weighted by molar-refractivity contribution is 7.91. The highest BCUT2D eigenvalue weighted by atomic mass is 32.2. The number of nitrogens with one attached hydrogen (secondary N) is 2. The van der Waals surface area contributed by atoms with Crippen molar-refractivity contribution in [2.75, 3.05) is 22.1 Å². The number of benzene rings is 1. The van der Waals surface area contributed by atoms with Gasteiger partial charge in [-0.25, -0.2) is 8.42 Å².